The molecule has 0 bridgehead atoms. The van der Waals surface area contributed by atoms with Crippen molar-refractivity contribution >= 4 is 15.9 Å². The van der Waals surface area contributed by atoms with Crippen molar-refractivity contribution in [1.82, 2.24) is 10.0 Å². The Labute approximate surface area is 173 Å². The number of allylic oxidation sites excluding steroid dienone is 1. The number of aryl methyl sites for hydroxylation is 1. The molecule has 1 amide bonds. The number of carbonyl (C=O) groups is 1. The van der Waals surface area contributed by atoms with Crippen LogP contribution in [0, 0.1) is 6.92 Å². The Balaban J connectivity index is 1.64. The van der Waals surface area contributed by atoms with Crippen LogP contribution >= 0.6 is 0 Å². The van der Waals surface area contributed by atoms with E-state index in [1.807, 2.05) is 37.3 Å². The molecule has 0 fully saturated rings. The van der Waals surface area contributed by atoms with Gasteiger partial charge in [-0.05, 0) is 62.3 Å². The van der Waals surface area contributed by atoms with Crippen LogP contribution in [0.3, 0.4) is 0 Å². The molecule has 5 nitrogen and oxygen atoms in total. The van der Waals surface area contributed by atoms with E-state index in [0.29, 0.717) is 12.1 Å². The molecule has 2 aromatic rings. The van der Waals surface area contributed by atoms with Gasteiger partial charge in [0.1, 0.15) is 0 Å². The monoisotopic (exact) mass is 412 g/mol. The molecule has 0 unspecified atom stereocenters. The third kappa shape index (κ3) is 6.02. The summed E-state index contributed by atoms with van der Waals surface area (Å²) in [5, 5.41) is 2.93. The van der Waals surface area contributed by atoms with Gasteiger partial charge in [-0.1, -0.05) is 48.0 Å². The van der Waals surface area contributed by atoms with Crippen molar-refractivity contribution in [2.24, 2.45) is 0 Å². The van der Waals surface area contributed by atoms with Gasteiger partial charge in [0.05, 0.1) is 4.90 Å². The second-order valence-electron chi connectivity index (χ2n) is 7.40. The summed E-state index contributed by atoms with van der Waals surface area (Å²) < 4.78 is 27.9. The number of carbonyl (C=O) groups excluding carboxylic acids is 1. The molecule has 29 heavy (non-hydrogen) atoms. The van der Waals surface area contributed by atoms with Crippen LogP contribution in [0.1, 0.15) is 53.6 Å². The molecule has 0 heterocycles. The van der Waals surface area contributed by atoms with Crippen molar-refractivity contribution in [2.45, 2.75) is 50.5 Å². The molecular weight excluding hydrogens is 384 g/mol. The Morgan fingerprint density at radius 3 is 2.59 bits per heavy atom. The van der Waals surface area contributed by atoms with Crippen LogP contribution in [0.4, 0.5) is 0 Å². The van der Waals surface area contributed by atoms with Gasteiger partial charge in [0, 0.05) is 18.7 Å². The van der Waals surface area contributed by atoms with Crippen LogP contribution in [0.2, 0.25) is 0 Å². The Bertz CT molecular complexity index is 982. The predicted molar refractivity (Wildman–Crippen MR) is 115 cm³/mol. The maximum Gasteiger partial charge on any atom is 0.251 e. The maximum atomic E-state index is 12.7. The fourth-order valence-electron chi connectivity index (χ4n) is 3.43. The van der Waals surface area contributed by atoms with E-state index in [-0.39, 0.29) is 17.3 Å². The fourth-order valence-corrected chi connectivity index (χ4v) is 4.48. The smallest absolute Gasteiger partial charge is 0.251 e. The highest BCUT2D eigenvalue weighted by molar-refractivity contribution is 7.89. The summed E-state index contributed by atoms with van der Waals surface area (Å²) in [6.45, 7) is 2.58. The molecular formula is C23H28N2O3S. The molecule has 0 aromatic heterocycles. The summed E-state index contributed by atoms with van der Waals surface area (Å²) in [4.78, 5) is 12.7. The molecule has 6 heteroatoms. The van der Waals surface area contributed by atoms with Gasteiger partial charge >= 0.3 is 0 Å². The average molecular weight is 413 g/mol. The highest BCUT2D eigenvalue weighted by Crippen LogP contribution is 2.20. The number of amides is 1. The molecule has 0 radical (unpaired) electrons. The minimum atomic E-state index is -3.71. The zero-order valence-corrected chi connectivity index (χ0v) is 17.6. The lowest BCUT2D eigenvalue weighted by molar-refractivity contribution is 0.0953. The third-order valence-corrected chi connectivity index (χ3v) is 6.59. The van der Waals surface area contributed by atoms with Gasteiger partial charge in [-0.15, -0.1) is 0 Å². The molecule has 2 aromatic carbocycles. The predicted octanol–water partition coefficient (Wildman–Crippen LogP) is 4.09. The molecule has 0 atom stereocenters. The van der Waals surface area contributed by atoms with Gasteiger partial charge in [0.25, 0.3) is 5.91 Å². The molecule has 0 saturated heterocycles. The number of nitrogens with one attached hydrogen (secondary N) is 2. The molecule has 1 aliphatic carbocycles. The standard InChI is InChI=1S/C23H28N2O3S/c1-18-12-13-21(29(27,28)25-17-20-10-6-3-7-11-20)16-22(18)23(26)24-15-14-19-8-4-2-5-9-19/h3,6-8,10-13,16,25H,2,4-5,9,14-15,17H2,1H3,(H,24,26). The van der Waals surface area contributed by atoms with Crippen molar-refractivity contribution in [3.8, 4) is 0 Å². The van der Waals surface area contributed by atoms with Crippen LogP contribution in [0.5, 0.6) is 0 Å². The second-order valence-corrected chi connectivity index (χ2v) is 9.17. The number of rotatable bonds is 8. The summed E-state index contributed by atoms with van der Waals surface area (Å²) in [6.07, 6.45) is 7.81. The SMILES string of the molecule is Cc1ccc(S(=O)(=O)NCc2ccccc2)cc1C(=O)NCCC1=CCCCC1. The lowest BCUT2D eigenvalue weighted by atomic mass is 9.97. The van der Waals surface area contributed by atoms with Crippen LogP contribution in [-0.2, 0) is 16.6 Å². The minimum absolute atomic E-state index is 0.0965. The second kappa shape index (κ2) is 9.85. The van der Waals surface area contributed by atoms with Gasteiger partial charge in [-0.3, -0.25) is 4.79 Å². The van der Waals surface area contributed by atoms with Gasteiger partial charge < -0.3 is 5.32 Å². The van der Waals surface area contributed by atoms with Crippen molar-refractivity contribution in [1.29, 1.82) is 0 Å². The number of sulfonamides is 1. The van der Waals surface area contributed by atoms with Crippen molar-refractivity contribution in [3.63, 3.8) is 0 Å². The Kier molecular flexibility index (Phi) is 7.23. The topological polar surface area (TPSA) is 75.3 Å². The molecule has 0 aliphatic heterocycles. The van der Waals surface area contributed by atoms with Crippen LogP contribution in [-0.4, -0.2) is 20.9 Å². The minimum Gasteiger partial charge on any atom is -0.352 e. The number of hydrogen-bond acceptors (Lipinski definition) is 3. The zero-order valence-electron chi connectivity index (χ0n) is 16.8. The maximum absolute atomic E-state index is 12.7. The Morgan fingerprint density at radius 1 is 1.07 bits per heavy atom. The van der Waals surface area contributed by atoms with E-state index in [1.165, 1.54) is 30.5 Å². The summed E-state index contributed by atoms with van der Waals surface area (Å²) in [7, 11) is -3.71. The zero-order chi connectivity index (χ0) is 20.7. The van der Waals surface area contributed by atoms with Gasteiger partial charge in [-0.25, -0.2) is 13.1 Å². The highest BCUT2D eigenvalue weighted by atomic mass is 32.2. The first-order chi connectivity index (χ1) is 14.0. The highest BCUT2D eigenvalue weighted by Gasteiger charge is 2.18. The molecule has 154 valence electrons. The average Bonchev–Trinajstić information content (AvgIpc) is 2.74. The lowest BCUT2D eigenvalue weighted by Crippen LogP contribution is -2.27. The summed E-state index contributed by atoms with van der Waals surface area (Å²) in [5.41, 5.74) is 3.42. The van der Waals surface area contributed by atoms with E-state index in [1.54, 1.807) is 6.07 Å². The molecule has 2 N–H and O–H groups in total. The van der Waals surface area contributed by atoms with E-state index in [2.05, 4.69) is 16.1 Å². The van der Waals surface area contributed by atoms with Gasteiger partial charge in [0.2, 0.25) is 10.0 Å². The first kappa shape index (κ1) is 21.3. The normalized spacial score (nSPS) is 14.3. The fraction of sp³-hybridized carbons (Fsp3) is 0.348. The van der Waals surface area contributed by atoms with Gasteiger partial charge in [-0.2, -0.15) is 0 Å². The van der Waals surface area contributed by atoms with E-state index in [9.17, 15) is 13.2 Å². The van der Waals surface area contributed by atoms with Crippen LogP contribution in [0.25, 0.3) is 0 Å². The number of hydrogen-bond donors (Lipinski definition) is 2. The van der Waals surface area contributed by atoms with E-state index in [4.69, 9.17) is 0 Å². The quantitative estimate of drug-likeness (QED) is 0.641. The number of benzene rings is 2. The van der Waals surface area contributed by atoms with Crippen LogP contribution < -0.4 is 10.0 Å². The molecule has 0 spiro atoms. The van der Waals surface area contributed by atoms with Gasteiger partial charge in [0.15, 0.2) is 0 Å². The van der Waals surface area contributed by atoms with Crippen molar-refractivity contribution in [3.05, 3.63) is 76.9 Å². The van der Waals surface area contributed by atoms with E-state index >= 15 is 0 Å². The summed E-state index contributed by atoms with van der Waals surface area (Å²) in [6, 6.07) is 14.0. The Hall–Kier alpha value is -2.44. The third-order valence-electron chi connectivity index (χ3n) is 5.19. The molecule has 3 rings (SSSR count). The lowest BCUT2D eigenvalue weighted by Gasteiger charge is -2.14. The largest absolute Gasteiger partial charge is 0.352 e. The van der Waals surface area contributed by atoms with Crippen molar-refractivity contribution < 1.29 is 13.2 Å². The van der Waals surface area contributed by atoms with E-state index in [0.717, 1.165) is 30.4 Å². The Morgan fingerprint density at radius 2 is 1.86 bits per heavy atom. The molecule has 0 saturated carbocycles. The van der Waals surface area contributed by atoms with E-state index < -0.39 is 10.0 Å². The van der Waals surface area contributed by atoms with Crippen LogP contribution in [0.15, 0.2) is 65.1 Å². The molecule has 1 aliphatic rings. The first-order valence-electron chi connectivity index (χ1n) is 10.1. The summed E-state index contributed by atoms with van der Waals surface area (Å²) >= 11 is 0. The summed E-state index contributed by atoms with van der Waals surface area (Å²) in [5.74, 6) is -0.237. The van der Waals surface area contributed by atoms with Crippen molar-refractivity contribution in [2.75, 3.05) is 6.54 Å². The first-order valence-corrected chi connectivity index (χ1v) is 11.5.